The number of rotatable bonds is 3. The molecule has 3 rings (SSSR count). The van der Waals surface area contributed by atoms with Crippen LogP contribution >= 0.6 is 0 Å². The molecule has 0 unspecified atom stereocenters. The van der Waals surface area contributed by atoms with Gasteiger partial charge >= 0.3 is 0 Å². The van der Waals surface area contributed by atoms with Crippen molar-refractivity contribution < 1.29 is 0 Å². The Morgan fingerprint density at radius 2 is 2.00 bits per heavy atom. The van der Waals surface area contributed by atoms with Gasteiger partial charge in [0.2, 0.25) is 0 Å². The zero-order valence-electron chi connectivity index (χ0n) is 11.7. The maximum absolute atomic E-state index is 5.86. The van der Waals surface area contributed by atoms with Crippen molar-refractivity contribution in [2.75, 3.05) is 0 Å². The number of nitrogens with two attached hydrogens (primary N) is 1. The Balaban J connectivity index is 2.17. The fourth-order valence-electron chi connectivity index (χ4n) is 2.26. The second kappa shape index (κ2) is 5.06. The lowest BCUT2D eigenvalue weighted by Gasteiger charge is -2.09. The summed E-state index contributed by atoms with van der Waals surface area (Å²) in [6.45, 7) is 4.71. The van der Waals surface area contributed by atoms with E-state index in [1.807, 2.05) is 41.2 Å². The molecule has 102 valence electrons. The highest BCUT2D eigenvalue weighted by molar-refractivity contribution is 5.80. The molecule has 2 aromatic heterocycles. The highest BCUT2D eigenvalue weighted by atomic mass is 15.3. The van der Waals surface area contributed by atoms with Crippen molar-refractivity contribution >= 4 is 10.9 Å². The number of nitrogens with zero attached hydrogens (tertiary/aromatic N) is 3. The first kappa shape index (κ1) is 12.8. The summed E-state index contributed by atoms with van der Waals surface area (Å²) >= 11 is 0. The van der Waals surface area contributed by atoms with E-state index in [1.54, 1.807) is 0 Å². The summed E-state index contributed by atoms with van der Waals surface area (Å²) in [6, 6.07) is 12.2. The molecule has 20 heavy (non-hydrogen) atoms. The standard InChI is InChI=1S/C16H18N4/c1-11(2)14-7-8-20(19-14)16-13(10-17)9-12-5-3-4-6-15(12)18-16/h3-9,11H,10,17H2,1-2H3. The number of hydrogen-bond acceptors (Lipinski definition) is 3. The Hall–Kier alpha value is -2.20. The third-order valence-corrected chi connectivity index (χ3v) is 3.42. The summed E-state index contributed by atoms with van der Waals surface area (Å²) in [5.41, 5.74) is 8.88. The van der Waals surface area contributed by atoms with Crippen LogP contribution in [0.25, 0.3) is 16.7 Å². The van der Waals surface area contributed by atoms with Gasteiger partial charge in [-0.25, -0.2) is 9.67 Å². The Kier molecular flexibility index (Phi) is 3.24. The summed E-state index contributed by atoms with van der Waals surface area (Å²) in [7, 11) is 0. The van der Waals surface area contributed by atoms with E-state index in [9.17, 15) is 0 Å². The van der Waals surface area contributed by atoms with Gasteiger partial charge in [0.25, 0.3) is 0 Å². The molecule has 0 aliphatic carbocycles. The normalized spacial score (nSPS) is 11.4. The Labute approximate surface area is 118 Å². The van der Waals surface area contributed by atoms with E-state index in [4.69, 9.17) is 10.7 Å². The van der Waals surface area contributed by atoms with Crippen molar-refractivity contribution in [3.8, 4) is 5.82 Å². The number of hydrogen-bond donors (Lipinski definition) is 1. The summed E-state index contributed by atoms with van der Waals surface area (Å²) in [5.74, 6) is 1.22. The van der Waals surface area contributed by atoms with E-state index < -0.39 is 0 Å². The molecule has 0 saturated heterocycles. The van der Waals surface area contributed by atoms with E-state index in [1.165, 1.54) is 0 Å². The van der Waals surface area contributed by atoms with Gasteiger partial charge in [-0.05, 0) is 24.1 Å². The number of para-hydroxylation sites is 1. The minimum Gasteiger partial charge on any atom is -0.326 e. The highest BCUT2D eigenvalue weighted by Gasteiger charge is 2.10. The van der Waals surface area contributed by atoms with Gasteiger partial charge in [-0.2, -0.15) is 5.10 Å². The smallest absolute Gasteiger partial charge is 0.158 e. The summed E-state index contributed by atoms with van der Waals surface area (Å²) in [6.07, 6.45) is 1.95. The zero-order chi connectivity index (χ0) is 14.1. The second-order valence-electron chi connectivity index (χ2n) is 5.21. The van der Waals surface area contributed by atoms with Crippen LogP contribution in [-0.2, 0) is 6.54 Å². The van der Waals surface area contributed by atoms with Crippen molar-refractivity contribution in [2.45, 2.75) is 26.3 Å². The van der Waals surface area contributed by atoms with Gasteiger partial charge in [0.1, 0.15) is 0 Å². The lowest BCUT2D eigenvalue weighted by molar-refractivity contribution is 0.753. The van der Waals surface area contributed by atoms with Crippen molar-refractivity contribution in [3.05, 3.63) is 53.9 Å². The molecule has 0 aliphatic heterocycles. The lowest BCUT2D eigenvalue weighted by atomic mass is 10.1. The quantitative estimate of drug-likeness (QED) is 0.792. The maximum atomic E-state index is 5.86. The summed E-state index contributed by atoms with van der Waals surface area (Å²) in [4.78, 5) is 4.71. The largest absolute Gasteiger partial charge is 0.326 e. The third kappa shape index (κ3) is 2.18. The summed E-state index contributed by atoms with van der Waals surface area (Å²) < 4.78 is 1.82. The molecule has 4 nitrogen and oxygen atoms in total. The first-order valence-corrected chi connectivity index (χ1v) is 6.83. The van der Waals surface area contributed by atoms with Crippen LogP contribution in [0.2, 0.25) is 0 Å². The molecule has 0 bridgehead atoms. The van der Waals surface area contributed by atoms with Gasteiger partial charge in [0, 0.05) is 23.7 Å². The Morgan fingerprint density at radius 1 is 1.20 bits per heavy atom. The van der Waals surface area contributed by atoms with Gasteiger partial charge in [-0.1, -0.05) is 32.0 Å². The highest BCUT2D eigenvalue weighted by Crippen LogP contribution is 2.20. The fourth-order valence-corrected chi connectivity index (χ4v) is 2.26. The number of pyridine rings is 1. The monoisotopic (exact) mass is 266 g/mol. The van der Waals surface area contributed by atoms with E-state index in [-0.39, 0.29) is 0 Å². The van der Waals surface area contributed by atoms with E-state index in [2.05, 4.69) is 25.0 Å². The molecule has 0 aliphatic rings. The Morgan fingerprint density at radius 3 is 2.70 bits per heavy atom. The minimum absolute atomic E-state index is 0.401. The molecule has 2 N–H and O–H groups in total. The van der Waals surface area contributed by atoms with Gasteiger partial charge in [-0.15, -0.1) is 0 Å². The molecule has 0 saturated carbocycles. The van der Waals surface area contributed by atoms with Crippen LogP contribution in [0.15, 0.2) is 42.6 Å². The van der Waals surface area contributed by atoms with Crippen molar-refractivity contribution in [1.29, 1.82) is 0 Å². The molecular weight excluding hydrogens is 248 g/mol. The van der Waals surface area contributed by atoms with Gasteiger partial charge in [-0.3, -0.25) is 0 Å². The van der Waals surface area contributed by atoms with E-state index in [0.29, 0.717) is 12.5 Å². The number of aromatic nitrogens is 3. The fraction of sp³-hybridized carbons (Fsp3) is 0.250. The van der Waals surface area contributed by atoms with Crippen molar-refractivity contribution in [3.63, 3.8) is 0 Å². The van der Waals surface area contributed by atoms with Gasteiger partial charge < -0.3 is 5.73 Å². The second-order valence-corrected chi connectivity index (χ2v) is 5.21. The topological polar surface area (TPSA) is 56.7 Å². The molecule has 3 aromatic rings. The predicted octanol–water partition coefficient (Wildman–Crippen LogP) is 3.00. The average Bonchev–Trinajstić information content (AvgIpc) is 2.95. The van der Waals surface area contributed by atoms with Crippen LogP contribution in [0.4, 0.5) is 0 Å². The average molecular weight is 266 g/mol. The lowest BCUT2D eigenvalue weighted by Crippen LogP contribution is -2.08. The summed E-state index contributed by atoms with van der Waals surface area (Å²) in [5, 5.41) is 5.70. The van der Waals surface area contributed by atoms with Gasteiger partial charge in [0.15, 0.2) is 5.82 Å². The molecular formula is C16H18N4. The molecule has 2 heterocycles. The first-order valence-electron chi connectivity index (χ1n) is 6.83. The first-order chi connectivity index (χ1) is 9.69. The van der Waals surface area contributed by atoms with Gasteiger partial charge in [0.05, 0.1) is 11.2 Å². The molecule has 0 amide bonds. The molecule has 0 radical (unpaired) electrons. The van der Waals surface area contributed by atoms with Crippen molar-refractivity contribution in [1.82, 2.24) is 14.8 Å². The predicted molar refractivity (Wildman–Crippen MR) is 80.8 cm³/mol. The zero-order valence-corrected chi connectivity index (χ0v) is 11.7. The molecule has 1 aromatic carbocycles. The van der Waals surface area contributed by atoms with Crippen LogP contribution in [0.1, 0.15) is 31.0 Å². The van der Waals surface area contributed by atoms with Crippen molar-refractivity contribution in [2.24, 2.45) is 5.73 Å². The Bertz CT molecular complexity index is 743. The number of fused-ring (bicyclic) bond motifs is 1. The number of benzene rings is 1. The van der Waals surface area contributed by atoms with Crippen LogP contribution in [-0.4, -0.2) is 14.8 Å². The third-order valence-electron chi connectivity index (χ3n) is 3.42. The van der Waals surface area contributed by atoms with Crippen LogP contribution in [0, 0.1) is 0 Å². The maximum Gasteiger partial charge on any atom is 0.158 e. The van der Waals surface area contributed by atoms with E-state index >= 15 is 0 Å². The van der Waals surface area contributed by atoms with E-state index in [0.717, 1.165) is 28.0 Å². The minimum atomic E-state index is 0.401. The molecule has 4 heteroatoms. The molecule has 0 fully saturated rings. The molecule has 0 atom stereocenters. The van der Waals surface area contributed by atoms with Crippen LogP contribution < -0.4 is 5.73 Å². The van der Waals surface area contributed by atoms with Crippen LogP contribution in [0.5, 0.6) is 0 Å². The van der Waals surface area contributed by atoms with Crippen LogP contribution in [0.3, 0.4) is 0 Å². The molecule has 0 spiro atoms. The SMILES string of the molecule is CC(C)c1ccn(-c2nc3ccccc3cc2CN)n1.